The molecule has 0 atom stereocenters. The van der Waals surface area contributed by atoms with Crippen molar-refractivity contribution in [3.05, 3.63) is 53.1 Å². The molecule has 1 fully saturated rings. The van der Waals surface area contributed by atoms with Gasteiger partial charge in [-0.25, -0.2) is 4.79 Å². The first-order chi connectivity index (χ1) is 17.0. The van der Waals surface area contributed by atoms with Gasteiger partial charge in [-0.15, -0.1) is 0 Å². The van der Waals surface area contributed by atoms with Crippen LogP contribution in [0.25, 0.3) is 22.8 Å². The number of amides is 2. The fourth-order valence-corrected chi connectivity index (χ4v) is 4.43. The standard InChI is InChI=1S/C26H26N6O3/c1-16(2)34-23-9-6-17(14-18(23)15-27)25-30-24(31-35-25)21-5-3-4-20-19(21)7-8-22(20)29-26(33)32-12-10-28-11-13-32/h3-6,9,14,16,28H,7-8,10-13H2,1-2H3/b29-22-. The lowest BCUT2D eigenvalue weighted by molar-refractivity contribution is 0.200. The van der Waals surface area contributed by atoms with Crippen LogP contribution in [0.3, 0.4) is 0 Å². The fourth-order valence-electron chi connectivity index (χ4n) is 4.43. The van der Waals surface area contributed by atoms with Crippen molar-refractivity contribution in [1.82, 2.24) is 20.4 Å². The van der Waals surface area contributed by atoms with Crippen LogP contribution in [-0.2, 0) is 6.42 Å². The van der Waals surface area contributed by atoms with Crippen molar-refractivity contribution in [3.8, 4) is 34.7 Å². The first-order valence-electron chi connectivity index (χ1n) is 11.8. The largest absolute Gasteiger partial charge is 0.490 e. The number of nitriles is 1. The molecule has 0 radical (unpaired) electrons. The van der Waals surface area contributed by atoms with E-state index >= 15 is 0 Å². The minimum atomic E-state index is -0.181. The monoisotopic (exact) mass is 470 g/mol. The van der Waals surface area contributed by atoms with Crippen molar-refractivity contribution in [2.45, 2.75) is 32.8 Å². The number of nitrogens with zero attached hydrogens (tertiary/aromatic N) is 5. The number of urea groups is 1. The Bertz CT molecular complexity index is 1330. The topological polar surface area (TPSA) is 117 Å². The van der Waals surface area contributed by atoms with Gasteiger partial charge >= 0.3 is 6.03 Å². The highest BCUT2D eigenvalue weighted by Gasteiger charge is 2.25. The number of aliphatic imine (C=N–C) groups is 1. The molecular weight excluding hydrogens is 444 g/mol. The van der Waals surface area contributed by atoms with E-state index in [9.17, 15) is 10.1 Å². The molecule has 2 aliphatic rings. The number of aromatic nitrogens is 2. The summed E-state index contributed by atoms with van der Waals surface area (Å²) in [4.78, 5) is 23.5. The van der Waals surface area contributed by atoms with Crippen molar-refractivity contribution < 1.29 is 14.1 Å². The predicted octanol–water partition coefficient (Wildman–Crippen LogP) is 3.82. The summed E-state index contributed by atoms with van der Waals surface area (Å²) in [5, 5.41) is 17.0. The molecule has 0 spiro atoms. The number of carbonyl (C=O) groups excluding carboxylic acids is 1. The van der Waals surface area contributed by atoms with E-state index < -0.39 is 0 Å². The summed E-state index contributed by atoms with van der Waals surface area (Å²) in [5.41, 5.74) is 4.73. The lowest BCUT2D eigenvalue weighted by Crippen LogP contribution is -2.45. The average molecular weight is 471 g/mol. The average Bonchev–Trinajstić information content (AvgIpc) is 3.52. The first kappa shape index (κ1) is 22.7. The Hall–Kier alpha value is -4.03. The Morgan fingerprint density at radius 3 is 2.77 bits per heavy atom. The number of ether oxygens (including phenoxy) is 1. The smallest absolute Gasteiger partial charge is 0.343 e. The van der Waals surface area contributed by atoms with E-state index in [0.29, 0.717) is 48.1 Å². The number of carbonyl (C=O) groups is 1. The maximum Gasteiger partial charge on any atom is 0.343 e. The highest BCUT2D eigenvalue weighted by atomic mass is 16.5. The van der Waals surface area contributed by atoms with Gasteiger partial charge in [0.25, 0.3) is 5.89 Å². The molecule has 178 valence electrons. The summed E-state index contributed by atoms with van der Waals surface area (Å²) < 4.78 is 11.2. The zero-order chi connectivity index (χ0) is 24.4. The van der Waals surface area contributed by atoms with E-state index in [1.165, 1.54) is 0 Å². The third-order valence-corrected chi connectivity index (χ3v) is 6.09. The van der Waals surface area contributed by atoms with Crippen molar-refractivity contribution in [1.29, 1.82) is 5.26 Å². The zero-order valence-electron chi connectivity index (χ0n) is 19.7. The third kappa shape index (κ3) is 4.66. The Kier molecular flexibility index (Phi) is 6.29. The number of benzene rings is 2. The SMILES string of the molecule is CC(C)Oc1ccc(-c2nc(-c3cccc4c3CC/C4=N/C(=O)N3CCNCC3)no2)cc1C#N. The van der Waals surface area contributed by atoms with Crippen LogP contribution in [0.1, 0.15) is 37.0 Å². The molecule has 1 N–H and O–H groups in total. The van der Waals surface area contributed by atoms with E-state index in [-0.39, 0.29) is 12.1 Å². The van der Waals surface area contributed by atoms with Gasteiger partial charge in [-0.3, -0.25) is 0 Å². The summed E-state index contributed by atoms with van der Waals surface area (Å²) in [7, 11) is 0. The maximum absolute atomic E-state index is 12.7. The minimum Gasteiger partial charge on any atom is -0.490 e. The minimum absolute atomic E-state index is 0.0382. The van der Waals surface area contributed by atoms with Crippen molar-refractivity contribution in [2.75, 3.05) is 26.2 Å². The highest BCUT2D eigenvalue weighted by Crippen LogP contribution is 2.33. The summed E-state index contributed by atoms with van der Waals surface area (Å²) in [6, 6.07) is 13.1. The summed E-state index contributed by atoms with van der Waals surface area (Å²) >= 11 is 0. The van der Waals surface area contributed by atoms with Gasteiger partial charge in [0.1, 0.15) is 11.8 Å². The van der Waals surface area contributed by atoms with Crippen molar-refractivity contribution in [3.63, 3.8) is 0 Å². The lowest BCUT2D eigenvalue weighted by atomic mass is 10.0. The molecule has 3 aromatic rings. The van der Waals surface area contributed by atoms with Crippen LogP contribution < -0.4 is 10.1 Å². The van der Waals surface area contributed by atoms with E-state index in [1.54, 1.807) is 23.1 Å². The van der Waals surface area contributed by atoms with Crippen molar-refractivity contribution >= 4 is 11.7 Å². The molecule has 35 heavy (non-hydrogen) atoms. The van der Waals surface area contributed by atoms with Crippen LogP contribution in [0.2, 0.25) is 0 Å². The molecule has 9 heteroatoms. The number of hydrogen-bond acceptors (Lipinski definition) is 7. The van der Waals surface area contributed by atoms with E-state index in [1.807, 2.05) is 32.0 Å². The molecule has 9 nitrogen and oxygen atoms in total. The van der Waals surface area contributed by atoms with Crippen LogP contribution in [0.15, 0.2) is 45.9 Å². The second-order valence-electron chi connectivity index (χ2n) is 8.82. The Morgan fingerprint density at radius 2 is 2.00 bits per heavy atom. The van der Waals surface area contributed by atoms with Gasteiger partial charge in [0, 0.05) is 42.9 Å². The summed E-state index contributed by atoms with van der Waals surface area (Å²) in [6.45, 7) is 6.75. The maximum atomic E-state index is 12.7. The molecule has 2 heterocycles. The number of hydrogen-bond donors (Lipinski definition) is 1. The van der Waals surface area contributed by atoms with Gasteiger partial charge in [0.05, 0.1) is 17.4 Å². The molecule has 0 bridgehead atoms. The number of nitrogens with one attached hydrogen (secondary N) is 1. The molecule has 1 saturated heterocycles. The molecule has 1 aliphatic carbocycles. The van der Waals surface area contributed by atoms with Crippen LogP contribution in [0.5, 0.6) is 5.75 Å². The molecule has 5 rings (SSSR count). The van der Waals surface area contributed by atoms with Crippen LogP contribution >= 0.6 is 0 Å². The van der Waals surface area contributed by atoms with Gasteiger partial charge in [0.15, 0.2) is 0 Å². The quantitative estimate of drug-likeness (QED) is 0.616. The summed E-state index contributed by atoms with van der Waals surface area (Å²) in [5.74, 6) is 1.31. The Labute approximate surface area is 203 Å². The zero-order valence-corrected chi connectivity index (χ0v) is 19.7. The summed E-state index contributed by atoms with van der Waals surface area (Å²) in [6.07, 6.45) is 1.41. The second-order valence-corrected chi connectivity index (χ2v) is 8.82. The Morgan fingerprint density at radius 1 is 1.20 bits per heavy atom. The fraction of sp³-hybridized carbons (Fsp3) is 0.346. The third-order valence-electron chi connectivity index (χ3n) is 6.09. The van der Waals surface area contributed by atoms with Crippen LogP contribution in [-0.4, -0.2) is 59.1 Å². The molecule has 2 amide bonds. The number of piperazine rings is 1. The molecule has 0 saturated carbocycles. The lowest BCUT2D eigenvalue weighted by Gasteiger charge is -2.25. The van der Waals surface area contributed by atoms with E-state index in [4.69, 9.17) is 9.26 Å². The van der Waals surface area contributed by atoms with Gasteiger partial charge in [0.2, 0.25) is 5.82 Å². The van der Waals surface area contributed by atoms with Crippen molar-refractivity contribution in [2.24, 2.45) is 4.99 Å². The van der Waals surface area contributed by atoms with Gasteiger partial charge in [-0.2, -0.15) is 15.2 Å². The van der Waals surface area contributed by atoms with E-state index in [2.05, 4.69) is 26.5 Å². The van der Waals surface area contributed by atoms with Gasteiger partial charge in [-0.05, 0) is 50.5 Å². The highest BCUT2D eigenvalue weighted by molar-refractivity contribution is 6.10. The molecular formula is C26H26N6O3. The molecule has 1 aliphatic heterocycles. The van der Waals surface area contributed by atoms with Crippen LogP contribution in [0, 0.1) is 11.3 Å². The van der Waals surface area contributed by atoms with Gasteiger partial charge < -0.3 is 19.5 Å². The first-order valence-corrected chi connectivity index (χ1v) is 11.8. The number of rotatable bonds is 4. The number of fused-ring (bicyclic) bond motifs is 1. The van der Waals surface area contributed by atoms with E-state index in [0.717, 1.165) is 41.9 Å². The van der Waals surface area contributed by atoms with Gasteiger partial charge in [-0.1, -0.05) is 23.4 Å². The molecule has 2 aromatic carbocycles. The second kappa shape index (κ2) is 9.68. The Balaban J connectivity index is 1.42. The molecule has 0 unspecified atom stereocenters. The predicted molar refractivity (Wildman–Crippen MR) is 130 cm³/mol. The molecule has 1 aromatic heterocycles. The van der Waals surface area contributed by atoms with Crippen LogP contribution in [0.4, 0.5) is 4.79 Å². The normalized spacial score (nSPS) is 16.4.